The summed E-state index contributed by atoms with van der Waals surface area (Å²) in [6.07, 6.45) is 3.22. The summed E-state index contributed by atoms with van der Waals surface area (Å²) >= 11 is 0. The molecular formula is C37H54N4O11. The molecule has 2 aliphatic rings. The fraction of sp³-hybridized carbons (Fsp3) is 0.649. The lowest BCUT2D eigenvalue weighted by atomic mass is 9.83. The van der Waals surface area contributed by atoms with Gasteiger partial charge >= 0.3 is 12.1 Å². The first-order chi connectivity index (χ1) is 24.9. The van der Waals surface area contributed by atoms with E-state index in [0.717, 1.165) is 19.3 Å². The van der Waals surface area contributed by atoms with Crippen LogP contribution in [-0.4, -0.2) is 97.2 Å². The average molecular weight is 731 g/mol. The lowest BCUT2D eigenvalue weighted by Gasteiger charge is -2.32. The van der Waals surface area contributed by atoms with Gasteiger partial charge in [0.2, 0.25) is 17.6 Å². The van der Waals surface area contributed by atoms with Crippen LogP contribution in [-0.2, 0) is 43.0 Å². The van der Waals surface area contributed by atoms with Crippen LogP contribution in [0.15, 0.2) is 30.3 Å². The molecule has 1 saturated heterocycles. The Hall–Kier alpha value is -4.37. The third kappa shape index (κ3) is 14.0. The van der Waals surface area contributed by atoms with Crippen LogP contribution in [0.1, 0.15) is 96.5 Å². The van der Waals surface area contributed by atoms with Crippen molar-refractivity contribution < 1.29 is 52.9 Å². The van der Waals surface area contributed by atoms with Crippen molar-refractivity contribution >= 4 is 41.4 Å². The maximum atomic E-state index is 13.8. The van der Waals surface area contributed by atoms with Crippen molar-refractivity contribution in [2.24, 2.45) is 11.8 Å². The normalized spacial score (nSPS) is 17.5. The van der Waals surface area contributed by atoms with E-state index in [9.17, 15) is 38.7 Å². The Morgan fingerprint density at radius 3 is 2.13 bits per heavy atom. The van der Waals surface area contributed by atoms with Gasteiger partial charge in [0.1, 0.15) is 12.1 Å². The smallest absolute Gasteiger partial charge is 0.407 e. The molecule has 4 atom stereocenters. The Balaban J connectivity index is 1.70. The quantitative estimate of drug-likeness (QED) is 0.123. The largest absolute Gasteiger partial charge is 0.481 e. The van der Waals surface area contributed by atoms with Gasteiger partial charge in [0, 0.05) is 12.8 Å². The summed E-state index contributed by atoms with van der Waals surface area (Å²) in [7, 11) is 0. The van der Waals surface area contributed by atoms with Gasteiger partial charge in [-0.25, -0.2) is 4.79 Å². The van der Waals surface area contributed by atoms with Crippen molar-refractivity contribution in [3.8, 4) is 0 Å². The molecule has 2 unspecified atom stereocenters. The molecule has 1 aromatic carbocycles. The van der Waals surface area contributed by atoms with Crippen molar-refractivity contribution in [1.82, 2.24) is 21.3 Å². The molecule has 288 valence electrons. The second-order valence-electron chi connectivity index (χ2n) is 13.8. The van der Waals surface area contributed by atoms with Crippen molar-refractivity contribution in [1.29, 1.82) is 0 Å². The molecule has 0 radical (unpaired) electrons. The molecule has 1 aromatic rings. The second-order valence-corrected chi connectivity index (χ2v) is 13.8. The minimum Gasteiger partial charge on any atom is -0.481 e. The topological polar surface area (TPSA) is 216 Å². The molecule has 0 bridgehead atoms. The number of carboxylic acids is 1. The zero-order valence-electron chi connectivity index (χ0n) is 30.4. The lowest BCUT2D eigenvalue weighted by Crippen LogP contribution is -2.59. The Bertz CT molecular complexity index is 1360. The average Bonchev–Trinajstić information content (AvgIpc) is 3.14. The van der Waals surface area contributed by atoms with E-state index in [2.05, 4.69) is 21.3 Å². The van der Waals surface area contributed by atoms with Crippen molar-refractivity contribution in [3.05, 3.63) is 35.9 Å². The summed E-state index contributed by atoms with van der Waals surface area (Å²) in [6, 6.07) is 4.65. The second kappa shape index (κ2) is 21.9. The molecule has 5 N–H and O–H groups in total. The maximum absolute atomic E-state index is 13.8. The summed E-state index contributed by atoms with van der Waals surface area (Å²) in [5, 5.41) is 19.9. The van der Waals surface area contributed by atoms with Crippen LogP contribution in [0.2, 0.25) is 0 Å². The Morgan fingerprint density at radius 2 is 1.52 bits per heavy atom. The van der Waals surface area contributed by atoms with Gasteiger partial charge in [-0.2, -0.15) is 0 Å². The molecule has 0 spiro atoms. The maximum Gasteiger partial charge on any atom is 0.407 e. The van der Waals surface area contributed by atoms with Crippen molar-refractivity contribution in [2.75, 3.05) is 26.4 Å². The minimum absolute atomic E-state index is 0.0755. The predicted octanol–water partition coefficient (Wildman–Crippen LogP) is 2.75. The van der Waals surface area contributed by atoms with E-state index < -0.39 is 84.6 Å². The highest BCUT2D eigenvalue weighted by molar-refractivity contribution is 6.38. The van der Waals surface area contributed by atoms with E-state index in [1.807, 2.05) is 13.8 Å². The molecular weight excluding hydrogens is 676 g/mol. The highest BCUT2D eigenvalue weighted by Crippen LogP contribution is 2.27. The van der Waals surface area contributed by atoms with Crippen LogP contribution in [0.5, 0.6) is 0 Å². The fourth-order valence-electron chi connectivity index (χ4n) is 6.22. The van der Waals surface area contributed by atoms with Crippen LogP contribution in [0.4, 0.5) is 4.79 Å². The number of ether oxygens (including phenoxy) is 3. The third-order valence-electron chi connectivity index (χ3n) is 8.99. The van der Waals surface area contributed by atoms with Crippen LogP contribution >= 0.6 is 0 Å². The monoisotopic (exact) mass is 730 g/mol. The number of carbonyl (C=O) groups excluding carboxylic acids is 6. The Labute approximate surface area is 304 Å². The number of amides is 4. The van der Waals surface area contributed by atoms with Crippen LogP contribution in [0, 0.1) is 11.8 Å². The molecule has 52 heavy (non-hydrogen) atoms. The van der Waals surface area contributed by atoms with E-state index in [4.69, 9.17) is 14.2 Å². The number of ketones is 2. The number of Topliss-reactive ketones (excluding diaryl/α,β-unsaturated/α-hetero) is 2. The van der Waals surface area contributed by atoms with Gasteiger partial charge < -0.3 is 40.6 Å². The molecule has 15 nitrogen and oxygen atoms in total. The molecule has 15 heteroatoms. The van der Waals surface area contributed by atoms with Crippen LogP contribution < -0.4 is 21.3 Å². The molecule has 2 fully saturated rings. The molecule has 1 saturated carbocycles. The van der Waals surface area contributed by atoms with Gasteiger partial charge in [-0.1, -0.05) is 76.8 Å². The van der Waals surface area contributed by atoms with Gasteiger partial charge in [-0.3, -0.25) is 28.8 Å². The summed E-state index contributed by atoms with van der Waals surface area (Å²) < 4.78 is 16.6. The highest BCUT2D eigenvalue weighted by Gasteiger charge is 2.37. The van der Waals surface area contributed by atoms with E-state index in [0.29, 0.717) is 44.5 Å². The van der Waals surface area contributed by atoms with Gasteiger partial charge in [-0.05, 0) is 43.1 Å². The molecule has 1 aliphatic carbocycles. The number of alkyl carbamates (subject to hydrolysis) is 1. The van der Waals surface area contributed by atoms with E-state index in [1.165, 1.54) is 0 Å². The Kier molecular flexibility index (Phi) is 17.7. The first-order valence-electron chi connectivity index (χ1n) is 18.3. The Morgan fingerprint density at radius 1 is 0.865 bits per heavy atom. The summed E-state index contributed by atoms with van der Waals surface area (Å²) in [5.41, 5.74) is 0.425. The van der Waals surface area contributed by atoms with Gasteiger partial charge in [0.05, 0.1) is 38.3 Å². The standard InChI is InChI=1S/C37H54N4O11/c1-4-12-28(32(43)35(46)38-21-26(42)19-27(36(47)48)24-13-7-5-8-14-24)39-33(44)29(20-30-50-17-11-18-51-30)40-34(45)31(25-15-9-6-10-16-25)41-37(49)52-22-23(2)3/h5,7-8,13-14,23,25,27-31H,4,6,9-12,15-22H2,1-3H3,(H,38,46)(H,39,44)(H,40,45)(H,41,49)(H,47,48)/t27?,28?,29-,31-/m1/s1. The van der Waals surface area contributed by atoms with E-state index >= 15 is 0 Å². The summed E-state index contributed by atoms with van der Waals surface area (Å²) in [4.78, 5) is 91.0. The number of aliphatic carboxylic acids is 1. The summed E-state index contributed by atoms with van der Waals surface area (Å²) in [6.45, 7) is 5.88. The van der Waals surface area contributed by atoms with E-state index in [-0.39, 0.29) is 31.3 Å². The highest BCUT2D eigenvalue weighted by atomic mass is 16.7. The number of benzene rings is 1. The number of carbonyl (C=O) groups is 7. The zero-order chi connectivity index (χ0) is 38.0. The fourth-order valence-corrected chi connectivity index (χ4v) is 6.22. The number of carboxylic acid groups (broad SMARTS) is 1. The number of rotatable bonds is 20. The third-order valence-corrected chi connectivity index (χ3v) is 8.99. The van der Waals surface area contributed by atoms with Crippen LogP contribution in [0.25, 0.3) is 0 Å². The molecule has 0 aromatic heterocycles. The predicted molar refractivity (Wildman–Crippen MR) is 188 cm³/mol. The molecule has 1 heterocycles. The molecule has 4 amide bonds. The first-order valence-corrected chi connectivity index (χ1v) is 18.3. The zero-order valence-corrected chi connectivity index (χ0v) is 30.4. The number of hydrogen-bond acceptors (Lipinski definition) is 10. The SMILES string of the molecule is CCCC(NC(=O)[C@@H](CC1OCCCO1)NC(=O)[C@H](NC(=O)OCC(C)C)C1CCCCC1)C(=O)C(=O)NCC(=O)CC(C(=O)O)c1ccccc1. The van der Waals surface area contributed by atoms with Gasteiger partial charge in [-0.15, -0.1) is 0 Å². The van der Waals surface area contributed by atoms with Gasteiger partial charge in [0.25, 0.3) is 5.91 Å². The minimum atomic E-state index is -1.30. The summed E-state index contributed by atoms with van der Waals surface area (Å²) in [5.74, 6) is -6.54. The van der Waals surface area contributed by atoms with Crippen LogP contribution in [0.3, 0.4) is 0 Å². The van der Waals surface area contributed by atoms with Crippen molar-refractivity contribution in [3.63, 3.8) is 0 Å². The van der Waals surface area contributed by atoms with Gasteiger partial charge in [0.15, 0.2) is 12.1 Å². The first kappa shape index (κ1) is 42.0. The van der Waals surface area contributed by atoms with Crippen molar-refractivity contribution in [2.45, 2.75) is 115 Å². The lowest BCUT2D eigenvalue weighted by molar-refractivity contribution is -0.185. The van der Waals surface area contributed by atoms with E-state index in [1.54, 1.807) is 37.3 Å². The number of hydrogen-bond donors (Lipinski definition) is 5. The molecule has 3 rings (SSSR count). The molecule has 1 aliphatic heterocycles. The number of nitrogens with one attached hydrogen (secondary N) is 4.